The molecule has 0 saturated heterocycles. The van der Waals surface area contributed by atoms with Crippen molar-refractivity contribution in [1.29, 1.82) is 0 Å². The van der Waals surface area contributed by atoms with Crippen LogP contribution < -0.4 is 57.4 Å². The molecule has 4 atom stereocenters. The van der Waals surface area contributed by atoms with Crippen molar-refractivity contribution in [2.45, 2.75) is 63.5 Å². The van der Waals surface area contributed by atoms with Crippen molar-refractivity contribution in [2.75, 3.05) is 53.5 Å². The van der Waals surface area contributed by atoms with Gasteiger partial charge in [-0.05, 0) is 84.3 Å². The molecule has 0 aromatic heterocycles. The van der Waals surface area contributed by atoms with Crippen LogP contribution in [0.4, 0.5) is 0 Å². The molecule has 6 heteroatoms. The Labute approximate surface area is 322 Å². The number of ether oxygens (including phenoxy) is 2. The molecule has 0 saturated carbocycles. The molecule has 48 heavy (non-hydrogen) atoms. The molecule has 4 aromatic carbocycles. The maximum Gasteiger partial charge on any atom is 0.141 e. The number of likely N-dealkylation sites (N-methyl/N-ethyl adjacent to an activating group) is 2. The summed E-state index contributed by atoms with van der Waals surface area (Å²) in [5.41, 5.74) is 12.1. The van der Waals surface area contributed by atoms with E-state index >= 15 is 0 Å². The number of rotatable bonds is 9. The van der Waals surface area contributed by atoms with E-state index < -0.39 is 0 Å². The third kappa shape index (κ3) is 6.80. The van der Waals surface area contributed by atoms with Crippen LogP contribution in [-0.2, 0) is 25.7 Å². The summed E-state index contributed by atoms with van der Waals surface area (Å²) in [5.74, 6) is 2.07. The van der Waals surface area contributed by atoms with Crippen LogP contribution in [0.5, 0.6) is 11.5 Å². The van der Waals surface area contributed by atoms with E-state index in [1.54, 1.807) is 0 Å². The van der Waals surface area contributed by atoms with Crippen LogP contribution in [0.3, 0.4) is 0 Å². The number of quaternary nitrogens is 2. The molecule has 0 aliphatic carbocycles. The van der Waals surface area contributed by atoms with E-state index in [1.165, 1.54) is 96.4 Å². The van der Waals surface area contributed by atoms with Gasteiger partial charge in [-0.2, -0.15) is 0 Å². The molecule has 8 rings (SSSR count). The minimum atomic E-state index is 0. The highest BCUT2D eigenvalue weighted by Crippen LogP contribution is 2.46. The zero-order chi connectivity index (χ0) is 31.1. The number of fused-ring (bicyclic) bond motifs is 10. The molecule has 0 radical (unpaired) electrons. The molecule has 0 N–H and O–H groups in total. The van der Waals surface area contributed by atoms with E-state index in [-0.39, 0.29) is 48.0 Å². The average Bonchev–Trinajstić information content (AvgIpc) is 3.08. The van der Waals surface area contributed by atoms with Crippen molar-refractivity contribution >= 4 is 0 Å². The maximum absolute atomic E-state index is 6.26. The van der Waals surface area contributed by atoms with E-state index in [0.717, 1.165) is 59.4 Å². The molecule has 4 nitrogen and oxygen atoms in total. The van der Waals surface area contributed by atoms with Gasteiger partial charge in [0.1, 0.15) is 23.6 Å². The Morgan fingerprint density at radius 2 is 0.854 bits per heavy atom. The number of unbranched alkanes of at least 4 members (excludes halogenated alkanes) is 3. The lowest BCUT2D eigenvalue weighted by atomic mass is 9.81. The molecule has 4 aliphatic rings. The van der Waals surface area contributed by atoms with Gasteiger partial charge in [-0.3, -0.25) is 0 Å². The predicted octanol–water partition coefficient (Wildman–Crippen LogP) is 2.01. The normalized spacial score (nSPS) is 24.5. The van der Waals surface area contributed by atoms with Gasteiger partial charge in [0.25, 0.3) is 0 Å². The summed E-state index contributed by atoms with van der Waals surface area (Å²) in [7, 11) is 4.91. The maximum atomic E-state index is 6.26. The minimum Gasteiger partial charge on any atom is -1.00 e. The van der Waals surface area contributed by atoms with Gasteiger partial charge in [0.15, 0.2) is 0 Å². The molecule has 0 amide bonds. The molecule has 4 unspecified atom stereocenters. The first-order valence-electron chi connectivity index (χ1n) is 17.9. The summed E-state index contributed by atoms with van der Waals surface area (Å²) in [5, 5.41) is 0. The molecule has 4 aliphatic heterocycles. The Hall–Kier alpha value is -2.14. The van der Waals surface area contributed by atoms with E-state index in [4.69, 9.17) is 9.47 Å². The molecule has 0 fully saturated rings. The number of hydrogen-bond acceptors (Lipinski definition) is 2. The Morgan fingerprint density at radius 1 is 0.479 bits per heavy atom. The molecular weight excluding hydrogens is 818 g/mol. The molecule has 254 valence electrons. The van der Waals surface area contributed by atoms with Gasteiger partial charge >= 0.3 is 0 Å². The Bertz CT molecular complexity index is 1620. The first-order chi connectivity index (χ1) is 22.5. The van der Waals surface area contributed by atoms with Gasteiger partial charge in [0.2, 0.25) is 0 Å². The van der Waals surface area contributed by atoms with Crippen molar-refractivity contribution in [3.63, 3.8) is 0 Å². The number of benzene rings is 4. The predicted molar refractivity (Wildman–Crippen MR) is 186 cm³/mol. The number of halogens is 2. The average molecular weight is 869 g/mol. The number of nitrogens with zero attached hydrogens (tertiary/aromatic N) is 2. The van der Waals surface area contributed by atoms with Crippen molar-refractivity contribution in [3.05, 3.63) is 129 Å². The minimum absolute atomic E-state index is 0. The van der Waals surface area contributed by atoms with Gasteiger partial charge in [-0.15, -0.1) is 0 Å². The van der Waals surface area contributed by atoms with Gasteiger partial charge in [-0.25, -0.2) is 0 Å². The quantitative estimate of drug-likeness (QED) is 0.146. The Kier molecular flexibility index (Phi) is 11.1. The van der Waals surface area contributed by atoms with Crippen molar-refractivity contribution in [1.82, 2.24) is 0 Å². The Morgan fingerprint density at radius 3 is 1.29 bits per heavy atom. The lowest BCUT2D eigenvalue weighted by Gasteiger charge is -2.49. The fourth-order valence-electron chi connectivity index (χ4n) is 9.23. The van der Waals surface area contributed by atoms with Crippen molar-refractivity contribution in [2.24, 2.45) is 0 Å². The van der Waals surface area contributed by atoms with E-state index in [2.05, 4.69) is 99.0 Å². The molecule has 4 aromatic rings. The van der Waals surface area contributed by atoms with Gasteiger partial charge in [-0.1, -0.05) is 48.5 Å². The van der Waals surface area contributed by atoms with E-state index in [0.29, 0.717) is 12.1 Å². The zero-order valence-corrected chi connectivity index (χ0v) is 32.9. The highest BCUT2D eigenvalue weighted by molar-refractivity contribution is 5.46. The van der Waals surface area contributed by atoms with Crippen LogP contribution in [0.2, 0.25) is 0 Å². The topological polar surface area (TPSA) is 18.5 Å². The van der Waals surface area contributed by atoms with Crippen LogP contribution in [0, 0.1) is 0 Å². The van der Waals surface area contributed by atoms with Crippen LogP contribution in [0.1, 0.15) is 82.3 Å². The van der Waals surface area contributed by atoms with Crippen LogP contribution in [0.25, 0.3) is 0 Å². The highest BCUT2D eigenvalue weighted by atomic mass is 127. The molecular formula is C42H50I2N2O2. The summed E-state index contributed by atoms with van der Waals surface area (Å²) < 4.78 is 14.8. The molecule has 0 spiro atoms. The largest absolute Gasteiger partial charge is 1.00 e. The van der Waals surface area contributed by atoms with E-state index in [1.807, 2.05) is 0 Å². The Balaban J connectivity index is 0.00000201. The summed E-state index contributed by atoms with van der Waals surface area (Å²) in [6, 6.07) is 32.9. The van der Waals surface area contributed by atoms with Crippen molar-refractivity contribution in [3.8, 4) is 11.5 Å². The van der Waals surface area contributed by atoms with Gasteiger partial charge in [0.05, 0.1) is 53.5 Å². The van der Waals surface area contributed by atoms with E-state index in [9.17, 15) is 0 Å². The van der Waals surface area contributed by atoms with Gasteiger partial charge < -0.3 is 66.4 Å². The third-order valence-corrected chi connectivity index (χ3v) is 11.9. The first kappa shape index (κ1) is 35.7. The second-order valence-corrected chi connectivity index (χ2v) is 14.9. The lowest BCUT2D eigenvalue weighted by molar-refractivity contribution is -0.937. The van der Waals surface area contributed by atoms with Crippen LogP contribution in [0.15, 0.2) is 84.9 Å². The standard InChI is InChI=1S/C42H50N2O2.2HI/c1-43-23-19-31-11-5-7-13-37(31)41(43)39-17-15-35(29-33(39)21-25-43)45-27-9-3-4-10-28-46-36-16-18-40-34(30-36)22-26-44(2)24-20-32-12-6-8-14-38(32)42(40)44;;/h5-8,11-18,29-30,41-42H,3-4,9-10,19-28H2,1-2H3;2*1H/q+2;;/p-2. The van der Waals surface area contributed by atoms with Crippen molar-refractivity contribution < 1.29 is 66.4 Å². The molecule has 4 heterocycles. The first-order valence-corrected chi connectivity index (χ1v) is 17.9. The molecule has 0 bridgehead atoms. The lowest BCUT2D eigenvalue weighted by Crippen LogP contribution is -3.00. The highest BCUT2D eigenvalue weighted by Gasteiger charge is 2.45. The monoisotopic (exact) mass is 868 g/mol. The summed E-state index contributed by atoms with van der Waals surface area (Å²) in [6.45, 7) is 6.44. The fourth-order valence-corrected chi connectivity index (χ4v) is 9.23. The number of hydrogen-bond donors (Lipinski definition) is 0. The smallest absolute Gasteiger partial charge is 0.141 e. The third-order valence-electron chi connectivity index (χ3n) is 11.9. The fraction of sp³-hybridized carbons (Fsp3) is 0.429. The second-order valence-electron chi connectivity index (χ2n) is 14.9. The van der Waals surface area contributed by atoms with Gasteiger partial charge in [0, 0.05) is 47.9 Å². The van der Waals surface area contributed by atoms with Crippen LogP contribution in [-0.4, -0.2) is 62.5 Å². The summed E-state index contributed by atoms with van der Waals surface area (Å²) in [6.07, 6.45) is 9.17. The SMILES string of the molecule is C[N+]12CCc3ccccc3C1c1ccc(OCCCCCCOc3ccc4c(c3)CC[N+]3(C)CCc5ccccc5C43)cc1CC2.[I-].[I-]. The second kappa shape index (κ2) is 15.0. The summed E-state index contributed by atoms with van der Waals surface area (Å²) in [4.78, 5) is 0. The van der Waals surface area contributed by atoms with Crippen LogP contribution >= 0.6 is 0 Å². The zero-order valence-electron chi connectivity index (χ0n) is 28.6. The summed E-state index contributed by atoms with van der Waals surface area (Å²) >= 11 is 0.